The van der Waals surface area contributed by atoms with E-state index in [-0.39, 0.29) is 33.5 Å². The van der Waals surface area contributed by atoms with Gasteiger partial charge in [0.2, 0.25) is 0 Å². The van der Waals surface area contributed by atoms with Crippen LogP contribution < -0.4 is 10.9 Å². The number of para-hydroxylation sites is 1. The van der Waals surface area contributed by atoms with Crippen LogP contribution in [-0.4, -0.2) is 30.1 Å². The number of benzene rings is 4. The highest BCUT2D eigenvalue weighted by molar-refractivity contribution is 6.45. The van der Waals surface area contributed by atoms with Crippen molar-refractivity contribution in [3.05, 3.63) is 75.3 Å². The van der Waals surface area contributed by atoms with E-state index in [1.807, 2.05) is 48.5 Å². The van der Waals surface area contributed by atoms with Gasteiger partial charge in [-0.3, -0.25) is 10.1 Å². The molecule has 0 saturated carbocycles. The number of nitrogens with zero attached hydrogens (tertiary/aromatic N) is 2. The van der Waals surface area contributed by atoms with Gasteiger partial charge in [0.1, 0.15) is 21.4 Å². The first-order chi connectivity index (χ1) is 15.8. The zero-order valence-corrected chi connectivity index (χ0v) is 18.1. The Bertz CT molecular complexity index is 1810. The van der Waals surface area contributed by atoms with Crippen LogP contribution in [0.2, 0.25) is 5.02 Å². The minimum atomic E-state index is -0.497. The molecule has 0 fully saturated rings. The second-order valence-electron chi connectivity index (χ2n) is 8.18. The van der Waals surface area contributed by atoms with Crippen LogP contribution in [0, 0.1) is 17.0 Å². The van der Waals surface area contributed by atoms with Gasteiger partial charge < -0.3 is 9.51 Å². The lowest BCUT2D eigenvalue weighted by atomic mass is 9.76. The number of hydrogen-bond donors (Lipinski definition) is 1. The molecule has 33 heavy (non-hydrogen) atoms. The first kappa shape index (κ1) is 19.9. The third kappa shape index (κ3) is 2.45. The maximum absolute atomic E-state index is 12.1. The quantitative estimate of drug-likeness (QED) is 0.239. The van der Waals surface area contributed by atoms with Gasteiger partial charge in [-0.2, -0.15) is 0 Å². The number of nitro benzene ring substituents is 1. The number of fused-ring (bicyclic) bond motifs is 6. The number of hydrogen-bond acceptors (Lipinski definition) is 3. The average molecular weight is 446 g/mol. The van der Waals surface area contributed by atoms with Crippen molar-refractivity contribution in [2.75, 3.05) is 0 Å². The molecule has 5 nitrogen and oxygen atoms in total. The van der Waals surface area contributed by atoms with Gasteiger partial charge >= 0.3 is 0 Å². The number of halogens is 1. The fourth-order valence-corrected chi connectivity index (χ4v) is 5.27. The third-order valence-corrected chi connectivity index (χ3v) is 6.76. The molecule has 1 N–H and O–H groups in total. The summed E-state index contributed by atoms with van der Waals surface area (Å²) in [5.41, 5.74) is 3.34. The van der Waals surface area contributed by atoms with Gasteiger partial charge in [0.25, 0.3) is 5.69 Å². The molecular formula is C25H13B2ClN2O3. The third-order valence-electron chi connectivity index (χ3n) is 6.53. The number of nitro groups is 1. The Kier molecular flexibility index (Phi) is 4.02. The molecule has 0 atom stereocenters. The van der Waals surface area contributed by atoms with Crippen molar-refractivity contribution in [3.8, 4) is 16.9 Å². The van der Waals surface area contributed by atoms with Gasteiger partial charge in [-0.1, -0.05) is 41.9 Å². The highest BCUT2D eigenvalue weighted by Crippen LogP contribution is 2.44. The van der Waals surface area contributed by atoms with Crippen LogP contribution in [0.15, 0.2) is 54.6 Å². The van der Waals surface area contributed by atoms with Crippen molar-refractivity contribution in [2.24, 2.45) is 0 Å². The van der Waals surface area contributed by atoms with Gasteiger partial charge in [0.15, 0.2) is 0 Å². The van der Waals surface area contributed by atoms with Crippen LogP contribution in [0.4, 0.5) is 5.69 Å². The number of rotatable bonds is 2. The lowest BCUT2D eigenvalue weighted by Gasteiger charge is -2.16. The second kappa shape index (κ2) is 6.65. The normalized spacial score (nSPS) is 11.9. The van der Waals surface area contributed by atoms with E-state index in [1.54, 1.807) is 6.07 Å². The van der Waals surface area contributed by atoms with Crippen molar-refractivity contribution in [2.45, 2.75) is 6.92 Å². The first-order valence-corrected chi connectivity index (χ1v) is 10.6. The smallest absolute Gasteiger partial charge is 0.279 e. The predicted octanol–water partition coefficient (Wildman–Crippen LogP) is 4.67. The summed E-state index contributed by atoms with van der Waals surface area (Å²) in [7, 11) is 12.2. The Morgan fingerprint density at radius 3 is 2.45 bits per heavy atom. The molecule has 0 spiro atoms. The molecule has 8 heteroatoms. The summed E-state index contributed by atoms with van der Waals surface area (Å²) >= 11 is 6.28. The Balaban J connectivity index is 1.87. The predicted molar refractivity (Wildman–Crippen MR) is 135 cm³/mol. The Hall–Kier alpha value is -3.70. The highest BCUT2D eigenvalue weighted by atomic mass is 35.5. The standard InChI is InChI=1S/C25H13B2ClN2O3/c1-11-21(26)25(31)22(27)20(23(11)30(32)33)14-5-3-7-18-19(14)15-6-2-4-13-16-10-12(28)8-9-17(16)29(18)24(13)15/h2-10,31H,1H3. The molecule has 2 aromatic heterocycles. The molecule has 4 aromatic carbocycles. The topological polar surface area (TPSA) is 67.8 Å². The van der Waals surface area contributed by atoms with Crippen LogP contribution in [0.3, 0.4) is 0 Å². The summed E-state index contributed by atoms with van der Waals surface area (Å²) in [4.78, 5) is 11.6. The van der Waals surface area contributed by atoms with Gasteiger partial charge in [-0.05, 0) is 47.7 Å². The van der Waals surface area contributed by atoms with Gasteiger partial charge in [0.05, 0.1) is 27.0 Å². The molecule has 0 aliphatic heterocycles. The summed E-state index contributed by atoms with van der Waals surface area (Å²) in [6.07, 6.45) is 0. The molecule has 0 bridgehead atoms. The van der Waals surface area contributed by atoms with Crippen LogP contribution in [-0.2, 0) is 0 Å². The monoisotopic (exact) mass is 446 g/mol. The summed E-state index contributed by atoms with van der Waals surface area (Å²) < 4.78 is 2.14. The van der Waals surface area contributed by atoms with Crippen LogP contribution in [0.25, 0.3) is 49.2 Å². The molecule has 0 aliphatic carbocycles. The minimum Gasteiger partial charge on any atom is -0.509 e. The number of aromatic nitrogens is 1. The number of aromatic hydroxyl groups is 1. The van der Waals surface area contributed by atoms with E-state index in [1.165, 1.54) is 6.92 Å². The van der Waals surface area contributed by atoms with Gasteiger partial charge in [0, 0.05) is 32.1 Å². The largest absolute Gasteiger partial charge is 0.509 e. The minimum absolute atomic E-state index is 0.0910. The SMILES string of the molecule is [B]c1c(C)c([N+](=O)[O-])c(-c2cccc3c2c2cccc4c5cc(Cl)ccc5n3c42)c([B])c1O. The van der Waals surface area contributed by atoms with E-state index in [9.17, 15) is 15.2 Å². The maximum Gasteiger partial charge on any atom is 0.279 e. The molecule has 2 heterocycles. The zero-order chi connectivity index (χ0) is 23.2. The fraction of sp³-hybridized carbons (Fsp3) is 0.0400. The van der Waals surface area contributed by atoms with Crippen molar-refractivity contribution < 1.29 is 10.0 Å². The molecule has 0 unspecified atom stereocenters. The summed E-state index contributed by atoms with van der Waals surface area (Å²) in [5, 5.41) is 27.1. The highest BCUT2D eigenvalue weighted by Gasteiger charge is 2.28. The average Bonchev–Trinajstić information content (AvgIpc) is 3.31. The Labute approximate surface area is 195 Å². The molecular weight excluding hydrogens is 433 g/mol. The molecule has 4 radical (unpaired) electrons. The summed E-state index contributed by atoms with van der Waals surface area (Å²) in [6.45, 7) is 1.51. The summed E-state index contributed by atoms with van der Waals surface area (Å²) in [6, 6.07) is 17.3. The maximum atomic E-state index is 12.1. The zero-order valence-electron chi connectivity index (χ0n) is 17.4. The molecule has 0 saturated heterocycles. The van der Waals surface area contributed by atoms with Crippen LogP contribution in [0.1, 0.15) is 5.56 Å². The number of phenolic OH excluding ortho intramolecular Hbond substituents is 1. The van der Waals surface area contributed by atoms with E-state index in [0.717, 1.165) is 38.1 Å². The molecule has 6 aromatic rings. The van der Waals surface area contributed by atoms with E-state index in [0.29, 0.717) is 10.6 Å². The van der Waals surface area contributed by atoms with Crippen molar-refractivity contribution in [3.63, 3.8) is 0 Å². The number of phenols is 1. The van der Waals surface area contributed by atoms with Crippen molar-refractivity contribution >= 4 is 82.0 Å². The molecule has 0 aliphatic rings. The Morgan fingerprint density at radius 2 is 1.70 bits per heavy atom. The first-order valence-electron chi connectivity index (χ1n) is 10.2. The van der Waals surface area contributed by atoms with E-state index in [4.69, 9.17) is 27.3 Å². The lowest BCUT2D eigenvalue weighted by molar-refractivity contribution is -0.384. The lowest BCUT2D eigenvalue weighted by Crippen LogP contribution is -2.22. The molecule has 154 valence electrons. The van der Waals surface area contributed by atoms with Crippen molar-refractivity contribution in [1.29, 1.82) is 0 Å². The van der Waals surface area contributed by atoms with E-state index < -0.39 is 4.92 Å². The fourth-order valence-electron chi connectivity index (χ4n) is 5.10. The van der Waals surface area contributed by atoms with Gasteiger partial charge in [-0.15, -0.1) is 0 Å². The van der Waals surface area contributed by atoms with E-state index in [2.05, 4.69) is 4.40 Å². The molecule has 6 rings (SSSR count). The van der Waals surface area contributed by atoms with E-state index >= 15 is 0 Å². The van der Waals surface area contributed by atoms with Gasteiger partial charge in [-0.25, -0.2) is 0 Å². The van der Waals surface area contributed by atoms with Crippen LogP contribution >= 0.6 is 11.6 Å². The second-order valence-corrected chi connectivity index (χ2v) is 8.62. The molecule has 0 amide bonds. The van der Waals surface area contributed by atoms with Crippen molar-refractivity contribution in [1.82, 2.24) is 4.40 Å². The Morgan fingerprint density at radius 1 is 0.970 bits per heavy atom. The van der Waals surface area contributed by atoms with Crippen LogP contribution in [0.5, 0.6) is 5.75 Å². The summed E-state index contributed by atoms with van der Waals surface area (Å²) in [5.74, 6) is -0.346.